The molecule has 0 spiro atoms. The average Bonchev–Trinajstić information content (AvgIpc) is 3.11. The van der Waals surface area contributed by atoms with Crippen LogP contribution >= 0.6 is 23.2 Å². The SMILES string of the molecule is Cc1cc(/C=N/NCc2c(Cl)cccc2Cl)c(C)n1-c1ccc(-c2ccc([N+](=O)[O-])cc2)cc1. The molecule has 0 aliphatic heterocycles. The molecule has 1 aromatic heterocycles. The highest BCUT2D eigenvalue weighted by molar-refractivity contribution is 6.35. The summed E-state index contributed by atoms with van der Waals surface area (Å²) < 4.78 is 2.16. The molecule has 1 N–H and O–H groups in total. The Hall–Kier alpha value is -3.61. The molecule has 0 amide bonds. The lowest BCUT2D eigenvalue weighted by atomic mass is 10.0. The number of nitrogens with zero attached hydrogens (tertiary/aromatic N) is 3. The molecule has 0 radical (unpaired) electrons. The van der Waals surface area contributed by atoms with Crippen molar-refractivity contribution in [1.29, 1.82) is 0 Å². The predicted molar refractivity (Wildman–Crippen MR) is 138 cm³/mol. The van der Waals surface area contributed by atoms with Crippen molar-refractivity contribution >= 4 is 35.1 Å². The molecular weight excluding hydrogens is 471 g/mol. The van der Waals surface area contributed by atoms with Crippen LogP contribution in [0.1, 0.15) is 22.5 Å². The zero-order chi connectivity index (χ0) is 24.2. The van der Waals surface area contributed by atoms with Gasteiger partial charge in [0.25, 0.3) is 5.69 Å². The van der Waals surface area contributed by atoms with Gasteiger partial charge in [-0.3, -0.25) is 10.1 Å². The highest BCUT2D eigenvalue weighted by Gasteiger charge is 2.11. The number of nitro benzene ring substituents is 1. The third kappa shape index (κ3) is 4.98. The standard InChI is InChI=1S/C26H22Cl2N4O2/c1-17-14-21(15-29-30-16-24-25(27)4-3-5-26(24)28)18(2)31(17)22-10-6-19(7-11-22)20-8-12-23(13-9-20)32(33)34/h3-15,30H,16H2,1-2H3/b29-15+. The maximum Gasteiger partial charge on any atom is 0.269 e. The van der Waals surface area contributed by atoms with Gasteiger partial charge in [-0.25, -0.2) is 0 Å². The van der Waals surface area contributed by atoms with Crippen LogP contribution in [-0.4, -0.2) is 15.7 Å². The molecule has 34 heavy (non-hydrogen) atoms. The third-order valence-electron chi connectivity index (χ3n) is 5.62. The molecule has 0 fully saturated rings. The van der Waals surface area contributed by atoms with E-state index in [2.05, 4.69) is 21.2 Å². The van der Waals surface area contributed by atoms with Crippen molar-refractivity contribution in [2.45, 2.75) is 20.4 Å². The van der Waals surface area contributed by atoms with E-state index in [0.29, 0.717) is 16.6 Å². The first kappa shape index (κ1) is 23.5. The zero-order valence-electron chi connectivity index (χ0n) is 18.6. The maximum absolute atomic E-state index is 10.9. The summed E-state index contributed by atoms with van der Waals surface area (Å²) in [5.41, 5.74) is 9.98. The Bertz CT molecular complexity index is 1340. The minimum atomic E-state index is -0.396. The van der Waals surface area contributed by atoms with Crippen molar-refractivity contribution < 1.29 is 4.92 Å². The number of hydrogen-bond donors (Lipinski definition) is 1. The fourth-order valence-corrected chi connectivity index (χ4v) is 4.37. The number of hydrazone groups is 1. The van der Waals surface area contributed by atoms with Gasteiger partial charge in [-0.2, -0.15) is 5.10 Å². The molecule has 8 heteroatoms. The Labute approximate surface area is 207 Å². The van der Waals surface area contributed by atoms with Crippen LogP contribution < -0.4 is 5.43 Å². The molecule has 0 bridgehead atoms. The highest BCUT2D eigenvalue weighted by atomic mass is 35.5. The molecule has 0 aliphatic carbocycles. The van der Waals surface area contributed by atoms with E-state index in [4.69, 9.17) is 23.2 Å². The molecule has 172 valence electrons. The predicted octanol–water partition coefficient (Wildman–Crippen LogP) is 7.10. The van der Waals surface area contributed by atoms with Crippen LogP contribution in [0.2, 0.25) is 10.0 Å². The maximum atomic E-state index is 10.9. The summed E-state index contributed by atoms with van der Waals surface area (Å²) in [6, 6.07) is 22.1. The van der Waals surface area contributed by atoms with E-state index in [9.17, 15) is 10.1 Å². The Morgan fingerprint density at radius 1 is 0.971 bits per heavy atom. The van der Waals surface area contributed by atoms with Gasteiger partial charge in [0.2, 0.25) is 0 Å². The Morgan fingerprint density at radius 2 is 1.56 bits per heavy atom. The third-order valence-corrected chi connectivity index (χ3v) is 6.33. The topological polar surface area (TPSA) is 72.5 Å². The molecule has 6 nitrogen and oxygen atoms in total. The minimum absolute atomic E-state index is 0.0811. The van der Waals surface area contributed by atoms with E-state index >= 15 is 0 Å². The summed E-state index contributed by atoms with van der Waals surface area (Å²) in [7, 11) is 0. The molecule has 4 aromatic rings. The van der Waals surface area contributed by atoms with Crippen molar-refractivity contribution in [2.75, 3.05) is 0 Å². The van der Waals surface area contributed by atoms with Gasteiger partial charge in [0.05, 0.1) is 17.7 Å². The first-order valence-electron chi connectivity index (χ1n) is 10.6. The number of aryl methyl sites for hydroxylation is 1. The van der Waals surface area contributed by atoms with Crippen LogP contribution in [0.15, 0.2) is 77.9 Å². The van der Waals surface area contributed by atoms with Gasteiger partial charge < -0.3 is 9.99 Å². The molecule has 0 unspecified atom stereocenters. The van der Waals surface area contributed by atoms with Crippen LogP contribution in [0.5, 0.6) is 0 Å². The van der Waals surface area contributed by atoms with Crippen molar-refractivity contribution in [3.05, 3.63) is 115 Å². The van der Waals surface area contributed by atoms with E-state index in [1.807, 2.05) is 44.2 Å². The van der Waals surface area contributed by atoms with Crippen molar-refractivity contribution in [3.63, 3.8) is 0 Å². The van der Waals surface area contributed by atoms with Crippen molar-refractivity contribution in [3.8, 4) is 16.8 Å². The van der Waals surface area contributed by atoms with Crippen molar-refractivity contribution in [1.82, 2.24) is 9.99 Å². The fourth-order valence-electron chi connectivity index (χ4n) is 3.84. The van der Waals surface area contributed by atoms with Crippen LogP contribution in [0.25, 0.3) is 16.8 Å². The number of rotatable bonds is 7. The fraction of sp³-hybridized carbons (Fsp3) is 0.115. The number of aromatic nitrogens is 1. The lowest BCUT2D eigenvalue weighted by molar-refractivity contribution is -0.384. The smallest absolute Gasteiger partial charge is 0.269 e. The highest BCUT2D eigenvalue weighted by Crippen LogP contribution is 2.26. The van der Waals surface area contributed by atoms with Gasteiger partial charge in [0.1, 0.15) is 0 Å². The Morgan fingerprint density at radius 3 is 2.15 bits per heavy atom. The van der Waals surface area contributed by atoms with Gasteiger partial charge in [-0.15, -0.1) is 0 Å². The monoisotopic (exact) mass is 492 g/mol. The van der Waals surface area contributed by atoms with Crippen LogP contribution in [0.4, 0.5) is 5.69 Å². The van der Waals surface area contributed by atoms with Crippen LogP contribution in [0, 0.1) is 24.0 Å². The summed E-state index contributed by atoms with van der Waals surface area (Å²) >= 11 is 12.4. The number of nitro groups is 1. The van der Waals surface area contributed by atoms with E-state index in [1.165, 1.54) is 12.1 Å². The number of nitrogens with one attached hydrogen (secondary N) is 1. The van der Waals surface area contributed by atoms with Gasteiger partial charge in [-0.1, -0.05) is 41.4 Å². The molecular formula is C26H22Cl2N4O2. The van der Waals surface area contributed by atoms with E-state index in [-0.39, 0.29) is 5.69 Å². The second-order valence-electron chi connectivity index (χ2n) is 7.81. The van der Waals surface area contributed by atoms with E-state index in [0.717, 1.165) is 39.3 Å². The molecule has 3 aromatic carbocycles. The summed E-state index contributed by atoms with van der Waals surface area (Å²) in [5.74, 6) is 0. The molecule has 0 saturated carbocycles. The molecule has 0 atom stereocenters. The number of hydrogen-bond acceptors (Lipinski definition) is 4. The largest absolute Gasteiger partial charge is 0.318 e. The first-order chi connectivity index (χ1) is 16.3. The molecule has 0 saturated heterocycles. The number of benzene rings is 3. The Balaban J connectivity index is 1.49. The second-order valence-corrected chi connectivity index (χ2v) is 8.62. The van der Waals surface area contributed by atoms with Gasteiger partial charge in [0, 0.05) is 50.4 Å². The minimum Gasteiger partial charge on any atom is -0.318 e. The molecule has 1 heterocycles. The molecule has 0 aliphatic rings. The normalized spacial score (nSPS) is 11.2. The van der Waals surface area contributed by atoms with Gasteiger partial charge in [0.15, 0.2) is 0 Å². The quantitative estimate of drug-likeness (QED) is 0.170. The lowest BCUT2D eigenvalue weighted by Gasteiger charge is -2.11. The summed E-state index contributed by atoms with van der Waals surface area (Å²) in [6.45, 7) is 4.52. The second kappa shape index (κ2) is 10.1. The Kier molecular flexibility index (Phi) is 7.01. The lowest BCUT2D eigenvalue weighted by Crippen LogP contribution is -2.07. The summed E-state index contributed by atoms with van der Waals surface area (Å²) in [5, 5.41) is 16.4. The van der Waals surface area contributed by atoms with E-state index < -0.39 is 4.92 Å². The summed E-state index contributed by atoms with van der Waals surface area (Å²) in [6.07, 6.45) is 1.79. The molecule has 4 rings (SSSR count). The van der Waals surface area contributed by atoms with Crippen molar-refractivity contribution in [2.24, 2.45) is 5.10 Å². The average molecular weight is 493 g/mol. The first-order valence-corrected chi connectivity index (χ1v) is 11.3. The number of non-ortho nitro benzene ring substituents is 1. The summed E-state index contributed by atoms with van der Waals surface area (Å²) in [4.78, 5) is 10.5. The van der Waals surface area contributed by atoms with Crippen LogP contribution in [0.3, 0.4) is 0 Å². The zero-order valence-corrected chi connectivity index (χ0v) is 20.1. The number of halogens is 2. The van der Waals surface area contributed by atoms with Gasteiger partial charge >= 0.3 is 0 Å². The van der Waals surface area contributed by atoms with Gasteiger partial charge in [-0.05, 0) is 67.4 Å². The van der Waals surface area contributed by atoms with E-state index in [1.54, 1.807) is 30.5 Å². The van der Waals surface area contributed by atoms with Crippen LogP contribution in [-0.2, 0) is 6.54 Å².